The van der Waals surface area contributed by atoms with Crippen molar-refractivity contribution in [3.05, 3.63) is 58.6 Å². The number of thiocarbonyl (C=S) groups is 2. The van der Waals surface area contributed by atoms with Crippen molar-refractivity contribution in [3.8, 4) is 0 Å². The van der Waals surface area contributed by atoms with Crippen LogP contribution in [0.15, 0.2) is 48.5 Å². The Morgan fingerprint density at radius 1 is 0.628 bits per heavy atom. The van der Waals surface area contributed by atoms with Crippen LogP contribution in [0.4, 0.5) is 11.4 Å². The molecule has 2 aromatic carbocycles. The van der Waals surface area contributed by atoms with Crippen LogP contribution in [0.5, 0.6) is 0 Å². The van der Waals surface area contributed by atoms with Gasteiger partial charge in [0.25, 0.3) is 23.6 Å². The minimum atomic E-state index is -0.859. The van der Waals surface area contributed by atoms with E-state index in [1.54, 1.807) is 58.3 Å². The van der Waals surface area contributed by atoms with Gasteiger partial charge in [0, 0.05) is 10.0 Å². The average Bonchev–Trinajstić information content (AvgIpc) is 2.95. The van der Waals surface area contributed by atoms with Crippen LogP contribution in [0.1, 0.15) is 27.7 Å². The van der Waals surface area contributed by atoms with Crippen molar-refractivity contribution in [1.29, 1.82) is 0 Å². The number of carbonyl (C=O) groups excluding carboxylic acids is 4. The molecule has 0 saturated carbocycles. The molecule has 43 heavy (non-hydrogen) atoms. The molecular formula is C28H34Cl2N6O5S2. The number of hydrogen-bond acceptors (Lipinski definition) is 8. The molecule has 232 valence electrons. The van der Waals surface area contributed by atoms with Gasteiger partial charge >= 0.3 is 0 Å². The second-order valence-electron chi connectivity index (χ2n) is 9.14. The number of carbonyl (C=O) groups is 4. The summed E-state index contributed by atoms with van der Waals surface area (Å²) in [5, 5.41) is 6.51. The van der Waals surface area contributed by atoms with Crippen LogP contribution < -0.4 is 20.4 Å². The van der Waals surface area contributed by atoms with Gasteiger partial charge in [-0.25, -0.2) is 0 Å². The molecule has 2 saturated heterocycles. The second kappa shape index (κ2) is 16.1. The molecule has 2 heterocycles. The van der Waals surface area contributed by atoms with E-state index in [4.69, 9.17) is 47.6 Å². The number of likely N-dealkylation sites (N-methyl/N-ethyl adjacent to an activating group) is 2. The van der Waals surface area contributed by atoms with Gasteiger partial charge in [-0.2, -0.15) is 0 Å². The molecule has 4 N–H and O–H groups in total. The summed E-state index contributed by atoms with van der Waals surface area (Å²) in [5.41, 5.74) is 1.18. The first kappa shape index (κ1) is 36.2. The zero-order valence-corrected chi connectivity index (χ0v) is 27.2. The fourth-order valence-corrected chi connectivity index (χ4v) is 5.46. The molecular weight excluding hydrogens is 635 g/mol. The van der Waals surface area contributed by atoms with Gasteiger partial charge in [0.15, 0.2) is 22.3 Å². The quantitative estimate of drug-likeness (QED) is 0.324. The number of nitrogens with zero attached hydrogens (tertiary/aromatic N) is 4. The van der Waals surface area contributed by atoms with Gasteiger partial charge in [0.05, 0.1) is 11.4 Å². The number of anilines is 2. The predicted octanol–water partition coefficient (Wildman–Crippen LogP) is 2.77. The smallest absolute Gasteiger partial charge is 0.260 e. The summed E-state index contributed by atoms with van der Waals surface area (Å²) < 4.78 is 0. The Kier molecular flexibility index (Phi) is 13.6. The maximum Gasteiger partial charge on any atom is 0.260 e. The molecule has 11 nitrogen and oxygen atoms in total. The van der Waals surface area contributed by atoms with Gasteiger partial charge < -0.3 is 16.1 Å². The first-order chi connectivity index (χ1) is 20.0. The number of hydrogen-bond donors (Lipinski definition) is 2. The van der Waals surface area contributed by atoms with Gasteiger partial charge in [-0.15, -0.1) is 0 Å². The van der Waals surface area contributed by atoms with Crippen LogP contribution in [-0.4, -0.2) is 87.4 Å². The molecule has 0 radical (unpaired) electrons. The van der Waals surface area contributed by atoms with Crippen LogP contribution in [0.2, 0.25) is 10.0 Å². The van der Waals surface area contributed by atoms with Crippen molar-refractivity contribution in [2.24, 2.45) is 0 Å². The molecule has 0 bridgehead atoms. The van der Waals surface area contributed by atoms with Crippen LogP contribution in [0.25, 0.3) is 0 Å². The van der Waals surface area contributed by atoms with Crippen molar-refractivity contribution >= 4 is 92.9 Å². The van der Waals surface area contributed by atoms with E-state index in [1.807, 2.05) is 27.7 Å². The Hall–Kier alpha value is -3.04. The first-order valence-corrected chi connectivity index (χ1v) is 14.9. The van der Waals surface area contributed by atoms with E-state index >= 15 is 0 Å². The van der Waals surface area contributed by atoms with Crippen molar-refractivity contribution in [2.75, 3.05) is 36.0 Å². The Bertz CT molecular complexity index is 1250. The minimum Gasteiger partial charge on any atom is -0.412 e. The zero-order chi connectivity index (χ0) is 31.1. The van der Waals surface area contributed by atoms with Crippen LogP contribution >= 0.6 is 47.6 Å². The number of halogens is 2. The Labute approximate surface area is 271 Å². The van der Waals surface area contributed by atoms with Crippen LogP contribution in [-0.2, 0) is 19.2 Å². The SMILES string of the molecule is CCN(CC)C1C(=O)NC(=S)N(c2ccc(Cl)cc2)C1=O.CCN(CC)C1C(=O)NC(=S)N(c2ccc(Cl)cc2)C1=O.O. The largest absolute Gasteiger partial charge is 0.412 e. The van der Waals surface area contributed by atoms with Gasteiger partial charge in [-0.1, -0.05) is 50.9 Å². The fraction of sp³-hybridized carbons (Fsp3) is 0.357. The Balaban J connectivity index is 0.000000293. The lowest BCUT2D eigenvalue weighted by Gasteiger charge is -2.37. The molecule has 4 rings (SSSR count). The summed E-state index contributed by atoms with van der Waals surface area (Å²) in [6, 6.07) is 11.8. The van der Waals surface area contributed by atoms with E-state index in [2.05, 4.69) is 10.6 Å². The number of nitrogens with one attached hydrogen (secondary N) is 2. The summed E-state index contributed by atoms with van der Waals surface area (Å²) in [6.07, 6.45) is 0. The van der Waals surface area contributed by atoms with E-state index in [0.717, 1.165) is 0 Å². The molecule has 2 atom stereocenters. The number of amides is 4. The Morgan fingerprint density at radius 2 is 0.907 bits per heavy atom. The normalized spacial score (nSPS) is 18.7. The van der Waals surface area contributed by atoms with Gasteiger partial charge in [0.2, 0.25) is 0 Å². The molecule has 4 amide bonds. The monoisotopic (exact) mass is 668 g/mol. The second-order valence-corrected chi connectivity index (χ2v) is 10.8. The minimum absolute atomic E-state index is 0. The lowest BCUT2D eigenvalue weighted by molar-refractivity contribution is -0.137. The average molecular weight is 670 g/mol. The Morgan fingerprint density at radius 3 is 1.16 bits per heavy atom. The standard InChI is InChI=1S/2C14H16ClN3O2S.H2O/c2*1-3-17(4-2)11-12(19)16-14(21)18(13(11)20)10-7-5-9(15)6-8-10;/h2*5-8,11H,3-4H2,1-2H3,(H,16,19,21);1H2. The molecule has 2 aliphatic heterocycles. The van der Waals surface area contributed by atoms with E-state index in [0.29, 0.717) is 47.6 Å². The summed E-state index contributed by atoms with van der Waals surface area (Å²) in [7, 11) is 0. The van der Waals surface area contributed by atoms with E-state index in [1.165, 1.54) is 9.80 Å². The maximum atomic E-state index is 12.7. The summed E-state index contributed by atoms with van der Waals surface area (Å²) >= 11 is 22.0. The topological polar surface area (TPSA) is 137 Å². The van der Waals surface area contributed by atoms with E-state index in [-0.39, 0.29) is 39.3 Å². The van der Waals surface area contributed by atoms with Crippen LogP contribution in [0.3, 0.4) is 0 Å². The van der Waals surface area contributed by atoms with E-state index < -0.39 is 12.1 Å². The lowest BCUT2D eigenvalue weighted by atomic mass is 10.1. The number of rotatable bonds is 8. The van der Waals surface area contributed by atoms with Crippen molar-refractivity contribution in [1.82, 2.24) is 20.4 Å². The summed E-state index contributed by atoms with van der Waals surface area (Å²) in [6.45, 7) is 10.0. The third-order valence-electron chi connectivity index (χ3n) is 6.80. The van der Waals surface area contributed by atoms with Gasteiger partial charge in [0.1, 0.15) is 0 Å². The van der Waals surface area contributed by atoms with Crippen molar-refractivity contribution in [3.63, 3.8) is 0 Å². The summed E-state index contributed by atoms with van der Waals surface area (Å²) in [5.74, 6) is -1.43. The van der Waals surface area contributed by atoms with E-state index in [9.17, 15) is 19.2 Å². The molecule has 2 fully saturated rings. The zero-order valence-electron chi connectivity index (χ0n) is 24.1. The van der Waals surface area contributed by atoms with Crippen LogP contribution in [0, 0.1) is 0 Å². The highest BCUT2D eigenvalue weighted by molar-refractivity contribution is 7.80. The number of benzene rings is 2. The first-order valence-electron chi connectivity index (χ1n) is 13.4. The third-order valence-corrected chi connectivity index (χ3v) is 7.87. The molecule has 2 aliphatic rings. The van der Waals surface area contributed by atoms with Gasteiger partial charge in [-0.3, -0.25) is 38.8 Å². The van der Waals surface area contributed by atoms with Gasteiger partial charge in [-0.05, 0) is 99.1 Å². The molecule has 2 aromatic rings. The third kappa shape index (κ3) is 8.12. The molecule has 0 aliphatic carbocycles. The highest BCUT2D eigenvalue weighted by atomic mass is 35.5. The highest BCUT2D eigenvalue weighted by Gasteiger charge is 2.43. The maximum absolute atomic E-state index is 12.7. The fourth-order valence-electron chi connectivity index (χ4n) is 4.62. The molecule has 2 unspecified atom stereocenters. The predicted molar refractivity (Wildman–Crippen MR) is 176 cm³/mol. The summed E-state index contributed by atoms with van der Waals surface area (Å²) in [4.78, 5) is 55.9. The lowest BCUT2D eigenvalue weighted by Crippen LogP contribution is -2.65. The molecule has 0 aromatic heterocycles. The highest BCUT2D eigenvalue weighted by Crippen LogP contribution is 2.24. The van der Waals surface area contributed by atoms with Crippen molar-refractivity contribution in [2.45, 2.75) is 39.8 Å². The molecule has 15 heteroatoms. The molecule has 0 spiro atoms. The van der Waals surface area contributed by atoms with Crippen molar-refractivity contribution < 1.29 is 24.7 Å².